The highest BCUT2D eigenvalue weighted by molar-refractivity contribution is 6.01. The molecule has 1 amide bonds. The molecule has 0 unspecified atom stereocenters. The number of aryl methyl sites for hydroxylation is 4. The Morgan fingerprint density at radius 3 is 2.48 bits per heavy atom. The number of anilines is 2. The molecule has 2 N–H and O–H groups in total. The molecule has 0 spiro atoms. The number of benzene rings is 3. The van der Waals surface area contributed by atoms with Crippen LogP contribution >= 0.6 is 0 Å². The van der Waals surface area contributed by atoms with Crippen molar-refractivity contribution in [1.29, 1.82) is 0 Å². The zero-order valence-electron chi connectivity index (χ0n) is 18.1. The first-order chi connectivity index (χ1) is 15.0. The molecular weight excluding hydrogens is 384 g/mol. The molecule has 5 nitrogen and oxygen atoms in total. The van der Waals surface area contributed by atoms with Crippen LogP contribution in [0.2, 0.25) is 0 Å². The highest BCUT2D eigenvalue weighted by Crippen LogP contribution is 2.35. The number of nitrogens with zero attached hydrogens (tertiary/aromatic N) is 2. The lowest BCUT2D eigenvalue weighted by molar-refractivity contribution is -0.114. The molecule has 3 aromatic carbocycles. The van der Waals surface area contributed by atoms with Gasteiger partial charge < -0.3 is 10.6 Å². The Hall–Kier alpha value is -3.60. The van der Waals surface area contributed by atoms with Crippen LogP contribution in [0.1, 0.15) is 28.1 Å². The SMILES string of the molecule is Cc1ccc(-n2nc(C)c(NC(=O)CNc3ccc4c5c(cccc35)CC4)c2C)cc1. The highest BCUT2D eigenvalue weighted by atomic mass is 16.1. The van der Waals surface area contributed by atoms with Gasteiger partial charge in [-0.25, -0.2) is 4.68 Å². The minimum Gasteiger partial charge on any atom is -0.376 e. The van der Waals surface area contributed by atoms with Gasteiger partial charge in [0.15, 0.2) is 0 Å². The van der Waals surface area contributed by atoms with Gasteiger partial charge in [-0.1, -0.05) is 42.0 Å². The number of hydrogen-bond acceptors (Lipinski definition) is 3. The molecule has 0 saturated heterocycles. The van der Waals surface area contributed by atoms with E-state index >= 15 is 0 Å². The number of aromatic nitrogens is 2. The van der Waals surface area contributed by atoms with Crippen molar-refractivity contribution >= 4 is 28.1 Å². The minimum absolute atomic E-state index is 0.0853. The Balaban J connectivity index is 1.33. The molecule has 1 aromatic heterocycles. The predicted octanol–water partition coefficient (Wildman–Crippen LogP) is 5.10. The maximum absolute atomic E-state index is 12.8. The molecule has 1 aliphatic rings. The van der Waals surface area contributed by atoms with Gasteiger partial charge in [-0.05, 0) is 68.3 Å². The van der Waals surface area contributed by atoms with Crippen LogP contribution < -0.4 is 10.6 Å². The van der Waals surface area contributed by atoms with Gasteiger partial charge in [0.2, 0.25) is 5.91 Å². The molecule has 156 valence electrons. The molecule has 0 atom stereocenters. The van der Waals surface area contributed by atoms with Crippen LogP contribution in [0.25, 0.3) is 16.5 Å². The van der Waals surface area contributed by atoms with E-state index in [4.69, 9.17) is 0 Å². The van der Waals surface area contributed by atoms with Gasteiger partial charge in [0.1, 0.15) is 0 Å². The number of rotatable bonds is 5. The Morgan fingerprint density at radius 1 is 0.968 bits per heavy atom. The molecular formula is C26H26N4O. The molecule has 31 heavy (non-hydrogen) atoms. The van der Waals surface area contributed by atoms with Crippen LogP contribution in [0.3, 0.4) is 0 Å². The predicted molar refractivity (Wildman–Crippen MR) is 126 cm³/mol. The normalized spacial score (nSPS) is 12.4. The third kappa shape index (κ3) is 3.46. The van der Waals surface area contributed by atoms with Crippen LogP contribution in [-0.2, 0) is 17.6 Å². The fraction of sp³-hybridized carbons (Fsp3) is 0.231. The first-order valence-electron chi connectivity index (χ1n) is 10.7. The van der Waals surface area contributed by atoms with Crippen molar-refractivity contribution in [3.05, 3.63) is 82.7 Å². The van der Waals surface area contributed by atoms with E-state index in [9.17, 15) is 4.79 Å². The molecule has 0 radical (unpaired) electrons. The van der Waals surface area contributed by atoms with Gasteiger partial charge in [-0.15, -0.1) is 0 Å². The van der Waals surface area contributed by atoms with E-state index in [0.29, 0.717) is 0 Å². The number of hydrogen-bond donors (Lipinski definition) is 2. The number of nitrogens with one attached hydrogen (secondary N) is 2. The second kappa shape index (κ2) is 7.58. The van der Waals surface area contributed by atoms with Crippen molar-refractivity contribution in [3.63, 3.8) is 0 Å². The summed E-state index contributed by atoms with van der Waals surface area (Å²) < 4.78 is 1.88. The van der Waals surface area contributed by atoms with Gasteiger partial charge in [-0.3, -0.25) is 4.79 Å². The summed E-state index contributed by atoms with van der Waals surface area (Å²) >= 11 is 0. The summed E-state index contributed by atoms with van der Waals surface area (Å²) in [5.41, 5.74) is 8.47. The van der Waals surface area contributed by atoms with E-state index in [1.54, 1.807) is 0 Å². The summed E-state index contributed by atoms with van der Waals surface area (Å²) in [5, 5.41) is 13.6. The van der Waals surface area contributed by atoms with Gasteiger partial charge in [0, 0.05) is 11.1 Å². The molecule has 5 heteroatoms. The maximum atomic E-state index is 12.8. The standard InChI is InChI=1S/C26H26N4O/c1-16-7-12-21(13-8-16)30-18(3)26(17(2)29-30)28-24(31)15-27-23-14-11-20-10-9-19-5-4-6-22(23)25(19)20/h4-8,11-14,27H,9-10,15H2,1-3H3,(H,28,31). The second-order valence-corrected chi connectivity index (χ2v) is 8.31. The van der Waals surface area contributed by atoms with E-state index in [1.807, 2.05) is 30.7 Å². The molecule has 1 heterocycles. The number of carbonyl (C=O) groups is 1. The summed E-state index contributed by atoms with van der Waals surface area (Å²) in [5.74, 6) is -0.0853. The van der Waals surface area contributed by atoms with Gasteiger partial charge in [0.05, 0.1) is 29.3 Å². The third-order valence-electron chi connectivity index (χ3n) is 6.15. The van der Waals surface area contributed by atoms with E-state index in [1.165, 1.54) is 27.5 Å². The zero-order valence-corrected chi connectivity index (χ0v) is 18.1. The number of carbonyl (C=O) groups excluding carboxylic acids is 1. The lowest BCUT2D eigenvalue weighted by Crippen LogP contribution is -2.22. The Morgan fingerprint density at radius 2 is 1.71 bits per heavy atom. The molecule has 4 aromatic rings. The average molecular weight is 411 g/mol. The number of amides is 1. The molecule has 0 bridgehead atoms. The lowest BCUT2D eigenvalue weighted by Gasteiger charge is -2.12. The van der Waals surface area contributed by atoms with E-state index < -0.39 is 0 Å². The average Bonchev–Trinajstić information content (AvgIpc) is 3.31. The summed E-state index contributed by atoms with van der Waals surface area (Å²) in [7, 11) is 0. The zero-order chi connectivity index (χ0) is 21.5. The fourth-order valence-corrected chi connectivity index (χ4v) is 4.52. The van der Waals surface area contributed by atoms with Crippen molar-refractivity contribution in [1.82, 2.24) is 9.78 Å². The Kier molecular flexibility index (Phi) is 4.74. The summed E-state index contributed by atoms with van der Waals surface area (Å²) in [6.07, 6.45) is 2.19. The smallest absolute Gasteiger partial charge is 0.243 e. The van der Waals surface area contributed by atoms with Gasteiger partial charge in [-0.2, -0.15) is 5.10 Å². The Labute approximate surface area is 182 Å². The fourth-order valence-electron chi connectivity index (χ4n) is 4.52. The van der Waals surface area contributed by atoms with Crippen molar-refractivity contribution in [2.24, 2.45) is 0 Å². The first-order valence-corrected chi connectivity index (χ1v) is 10.7. The van der Waals surface area contributed by atoms with E-state index in [2.05, 4.69) is 65.1 Å². The largest absolute Gasteiger partial charge is 0.376 e. The molecule has 0 saturated carbocycles. The summed E-state index contributed by atoms with van der Waals surface area (Å²) in [6.45, 7) is 6.16. The van der Waals surface area contributed by atoms with Crippen molar-refractivity contribution in [3.8, 4) is 5.69 Å². The molecule has 0 fully saturated rings. The monoisotopic (exact) mass is 410 g/mol. The summed E-state index contributed by atoms with van der Waals surface area (Å²) in [4.78, 5) is 12.8. The van der Waals surface area contributed by atoms with Gasteiger partial charge in [0.25, 0.3) is 0 Å². The molecule has 1 aliphatic carbocycles. The maximum Gasteiger partial charge on any atom is 0.243 e. The Bertz CT molecular complexity index is 1290. The van der Waals surface area contributed by atoms with E-state index in [0.717, 1.165) is 41.3 Å². The van der Waals surface area contributed by atoms with Crippen LogP contribution in [0, 0.1) is 20.8 Å². The molecule has 0 aliphatic heterocycles. The van der Waals surface area contributed by atoms with Crippen LogP contribution in [0.5, 0.6) is 0 Å². The second-order valence-electron chi connectivity index (χ2n) is 8.31. The van der Waals surface area contributed by atoms with Gasteiger partial charge >= 0.3 is 0 Å². The quantitative estimate of drug-likeness (QED) is 0.481. The van der Waals surface area contributed by atoms with Crippen molar-refractivity contribution < 1.29 is 4.79 Å². The summed E-state index contributed by atoms with van der Waals surface area (Å²) in [6, 6.07) is 18.9. The topological polar surface area (TPSA) is 59.0 Å². The third-order valence-corrected chi connectivity index (χ3v) is 6.15. The highest BCUT2D eigenvalue weighted by Gasteiger charge is 2.17. The first kappa shape index (κ1) is 19.4. The molecule has 5 rings (SSSR count). The lowest BCUT2D eigenvalue weighted by atomic mass is 10.0. The van der Waals surface area contributed by atoms with Crippen molar-refractivity contribution in [2.45, 2.75) is 33.6 Å². The van der Waals surface area contributed by atoms with Crippen molar-refractivity contribution in [2.75, 3.05) is 17.2 Å². The van der Waals surface area contributed by atoms with Crippen LogP contribution in [-0.4, -0.2) is 22.2 Å². The minimum atomic E-state index is -0.0853. The van der Waals surface area contributed by atoms with Crippen LogP contribution in [0.4, 0.5) is 11.4 Å². The van der Waals surface area contributed by atoms with E-state index in [-0.39, 0.29) is 12.5 Å². The van der Waals surface area contributed by atoms with Crippen LogP contribution in [0.15, 0.2) is 54.6 Å².